The Morgan fingerprint density at radius 2 is 1.77 bits per heavy atom. The summed E-state index contributed by atoms with van der Waals surface area (Å²) >= 11 is 0. The van der Waals surface area contributed by atoms with Crippen LogP contribution >= 0.6 is 0 Å². The van der Waals surface area contributed by atoms with Gasteiger partial charge in [0.05, 0.1) is 19.0 Å². The molecule has 1 atom stereocenters. The molecule has 2 aromatic carbocycles. The van der Waals surface area contributed by atoms with Crippen molar-refractivity contribution in [2.24, 2.45) is 4.99 Å². The van der Waals surface area contributed by atoms with Gasteiger partial charge in [-0.05, 0) is 17.2 Å². The quantitative estimate of drug-likeness (QED) is 0.791. The van der Waals surface area contributed by atoms with Gasteiger partial charge in [0.25, 0.3) is 0 Å². The first-order chi connectivity index (χ1) is 12.8. The maximum Gasteiger partial charge on any atom is 0.236 e. The molecule has 2 aromatic rings. The first kappa shape index (κ1) is 16.3. The van der Waals surface area contributed by atoms with Crippen LogP contribution in [0.1, 0.15) is 23.6 Å². The van der Waals surface area contributed by atoms with Gasteiger partial charge in [-0.2, -0.15) is 0 Å². The van der Waals surface area contributed by atoms with Gasteiger partial charge in [0, 0.05) is 12.2 Å². The van der Waals surface area contributed by atoms with Crippen LogP contribution in [0.4, 0.5) is 0 Å². The third-order valence-corrected chi connectivity index (χ3v) is 4.68. The topological polar surface area (TPSA) is 35.9 Å². The molecule has 26 heavy (non-hydrogen) atoms. The van der Waals surface area contributed by atoms with Crippen LogP contribution < -0.4 is 0 Å². The molecule has 1 fully saturated rings. The minimum absolute atomic E-state index is 0.0950. The molecule has 2 aliphatic rings. The average Bonchev–Trinajstić information content (AvgIpc) is 3.01. The zero-order valence-electron chi connectivity index (χ0n) is 14.6. The van der Waals surface area contributed by atoms with Crippen LogP contribution in [0.15, 0.2) is 84.0 Å². The number of amides is 1. The van der Waals surface area contributed by atoms with E-state index < -0.39 is 0 Å². The molecule has 4 nitrogen and oxygen atoms in total. The van der Waals surface area contributed by atoms with E-state index in [1.54, 1.807) is 4.90 Å². The van der Waals surface area contributed by atoms with Crippen LogP contribution in [-0.2, 0) is 4.79 Å². The Morgan fingerprint density at radius 1 is 1.08 bits per heavy atom. The van der Waals surface area contributed by atoms with Crippen molar-refractivity contribution in [3.8, 4) is 0 Å². The molecule has 4 rings (SSSR count). The van der Waals surface area contributed by atoms with E-state index in [-0.39, 0.29) is 11.9 Å². The van der Waals surface area contributed by atoms with E-state index in [4.69, 9.17) is 4.99 Å². The van der Waals surface area contributed by atoms with Gasteiger partial charge in [-0.15, -0.1) is 6.58 Å². The maximum atomic E-state index is 13.0. The first-order valence-electron chi connectivity index (χ1n) is 8.83. The van der Waals surface area contributed by atoms with Gasteiger partial charge in [-0.3, -0.25) is 9.69 Å². The molecule has 2 heterocycles. The molecule has 0 N–H and O–H groups in total. The standard InChI is InChI=1S/C22H21N3O/c1-2-13-24-16-19(14-17-9-5-3-6-10-17)25-21(26)15-20(23-22(24)25)18-11-7-4-8-12-18/h2-12,14,20H,1,13,15-16H2/b19-14-. The largest absolute Gasteiger partial charge is 0.333 e. The lowest BCUT2D eigenvalue weighted by Gasteiger charge is -2.28. The molecule has 0 aliphatic carbocycles. The molecule has 130 valence electrons. The molecule has 0 bridgehead atoms. The molecular formula is C22H21N3O. The number of benzene rings is 2. The second-order valence-electron chi connectivity index (χ2n) is 6.50. The number of hydrogen-bond donors (Lipinski definition) is 0. The summed E-state index contributed by atoms with van der Waals surface area (Å²) < 4.78 is 0. The minimum Gasteiger partial charge on any atom is -0.333 e. The number of fused-ring (bicyclic) bond motifs is 1. The lowest BCUT2D eigenvalue weighted by molar-refractivity contribution is -0.126. The number of hydrogen-bond acceptors (Lipinski definition) is 3. The van der Waals surface area contributed by atoms with Crippen molar-refractivity contribution in [3.63, 3.8) is 0 Å². The van der Waals surface area contributed by atoms with Gasteiger partial charge in [-0.25, -0.2) is 4.99 Å². The van der Waals surface area contributed by atoms with E-state index in [1.165, 1.54) is 0 Å². The van der Waals surface area contributed by atoms with Crippen LogP contribution in [0, 0.1) is 0 Å². The highest BCUT2D eigenvalue weighted by Gasteiger charge is 2.39. The van der Waals surface area contributed by atoms with Crippen LogP contribution in [-0.4, -0.2) is 34.8 Å². The second-order valence-corrected chi connectivity index (χ2v) is 6.50. The Bertz CT molecular complexity index is 871. The highest BCUT2D eigenvalue weighted by atomic mass is 16.2. The fourth-order valence-corrected chi connectivity index (χ4v) is 3.48. The molecule has 1 saturated heterocycles. The van der Waals surface area contributed by atoms with Crippen LogP contribution in [0.3, 0.4) is 0 Å². The summed E-state index contributed by atoms with van der Waals surface area (Å²) in [6.07, 6.45) is 4.31. The maximum absolute atomic E-state index is 13.0. The highest BCUT2D eigenvalue weighted by Crippen LogP contribution is 2.33. The minimum atomic E-state index is -0.127. The molecule has 1 amide bonds. The van der Waals surface area contributed by atoms with E-state index in [1.807, 2.05) is 66.7 Å². The number of carbonyl (C=O) groups is 1. The number of nitrogens with zero attached hydrogens (tertiary/aromatic N) is 3. The molecule has 0 aromatic heterocycles. The van der Waals surface area contributed by atoms with E-state index in [9.17, 15) is 4.79 Å². The van der Waals surface area contributed by atoms with E-state index >= 15 is 0 Å². The second kappa shape index (κ2) is 7.00. The summed E-state index contributed by atoms with van der Waals surface area (Å²) in [6, 6.07) is 20.0. The number of rotatable bonds is 4. The SMILES string of the molecule is C=CCN1C/C(=C/c2ccccc2)N2C(=O)CC(c3ccccc3)N=C12. The Hall–Kier alpha value is -3.14. The molecule has 2 aliphatic heterocycles. The summed E-state index contributed by atoms with van der Waals surface area (Å²) in [5.41, 5.74) is 3.13. The summed E-state index contributed by atoms with van der Waals surface area (Å²) in [6.45, 7) is 5.17. The zero-order chi connectivity index (χ0) is 17.9. The average molecular weight is 343 g/mol. The molecule has 1 unspecified atom stereocenters. The fourth-order valence-electron chi connectivity index (χ4n) is 3.48. The van der Waals surface area contributed by atoms with Crippen LogP contribution in [0.2, 0.25) is 0 Å². The normalized spacial score (nSPS) is 20.9. The van der Waals surface area contributed by atoms with Gasteiger partial charge in [0.15, 0.2) is 0 Å². The third-order valence-electron chi connectivity index (χ3n) is 4.68. The van der Waals surface area contributed by atoms with Gasteiger partial charge in [0.1, 0.15) is 0 Å². The van der Waals surface area contributed by atoms with Crippen molar-refractivity contribution < 1.29 is 4.79 Å². The first-order valence-corrected chi connectivity index (χ1v) is 8.83. The van der Waals surface area contributed by atoms with Crippen molar-refractivity contribution in [2.75, 3.05) is 13.1 Å². The van der Waals surface area contributed by atoms with Gasteiger partial charge in [-0.1, -0.05) is 66.7 Å². The summed E-state index contributed by atoms with van der Waals surface area (Å²) in [4.78, 5) is 21.8. The van der Waals surface area contributed by atoms with Crippen molar-refractivity contribution >= 4 is 17.9 Å². The molecule has 4 heteroatoms. The zero-order valence-corrected chi connectivity index (χ0v) is 14.6. The van der Waals surface area contributed by atoms with Crippen molar-refractivity contribution in [1.82, 2.24) is 9.80 Å². The Balaban J connectivity index is 1.73. The third kappa shape index (κ3) is 3.06. The number of carbonyl (C=O) groups excluding carboxylic acids is 1. The van der Waals surface area contributed by atoms with Gasteiger partial charge in [0.2, 0.25) is 11.9 Å². The van der Waals surface area contributed by atoms with E-state index in [0.29, 0.717) is 19.5 Å². The van der Waals surface area contributed by atoms with E-state index in [0.717, 1.165) is 22.8 Å². The van der Waals surface area contributed by atoms with Crippen LogP contribution in [0.25, 0.3) is 6.08 Å². The molecule has 0 radical (unpaired) electrons. The van der Waals surface area contributed by atoms with Crippen molar-refractivity contribution in [1.29, 1.82) is 0 Å². The number of aliphatic imine (C=N–C) groups is 1. The van der Waals surface area contributed by atoms with Gasteiger partial charge >= 0.3 is 0 Å². The Morgan fingerprint density at radius 3 is 2.46 bits per heavy atom. The van der Waals surface area contributed by atoms with Gasteiger partial charge < -0.3 is 4.90 Å². The van der Waals surface area contributed by atoms with Crippen molar-refractivity contribution in [2.45, 2.75) is 12.5 Å². The summed E-state index contributed by atoms with van der Waals surface area (Å²) in [5.74, 6) is 0.829. The molecule has 0 saturated carbocycles. The highest BCUT2D eigenvalue weighted by molar-refractivity contribution is 6.04. The van der Waals surface area contributed by atoms with E-state index in [2.05, 4.69) is 17.6 Å². The predicted octanol–water partition coefficient (Wildman–Crippen LogP) is 3.86. The smallest absolute Gasteiger partial charge is 0.236 e. The summed E-state index contributed by atoms with van der Waals surface area (Å²) in [5, 5.41) is 0. The Labute approximate surface area is 153 Å². The number of guanidine groups is 1. The summed E-state index contributed by atoms with van der Waals surface area (Å²) in [7, 11) is 0. The Kier molecular flexibility index (Phi) is 4.40. The molecule has 0 spiro atoms. The lowest BCUT2D eigenvalue weighted by Crippen LogP contribution is -2.41. The van der Waals surface area contributed by atoms with Crippen molar-refractivity contribution in [3.05, 3.63) is 90.1 Å². The molecular weight excluding hydrogens is 322 g/mol. The monoisotopic (exact) mass is 343 g/mol. The predicted molar refractivity (Wildman–Crippen MR) is 104 cm³/mol. The lowest BCUT2D eigenvalue weighted by atomic mass is 10.0. The fraction of sp³-hybridized carbons (Fsp3) is 0.182. The van der Waals surface area contributed by atoms with Crippen LogP contribution in [0.5, 0.6) is 0 Å².